The van der Waals surface area contributed by atoms with Gasteiger partial charge in [-0.15, -0.1) is 0 Å². The number of nitrogen functional groups attached to an aromatic ring is 1. The zero-order valence-electron chi connectivity index (χ0n) is 11.6. The van der Waals surface area contributed by atoms with Crippen LogP contribution in [0.5, 0.6) is 0 Å². The van der Waals surface area contributed by atoms with Crippen LogP contribution in [0.15, 0.2) is 18.2 Å². The van der Waals surface area contributed by atoms with E-state index in [1.807, 2.05) is 0 Å². The predicted octanol–water partition coefficient (Wildman–Crippen LogP) is 1.44. The zero-order chi connectivity index (χ0) is 15.4. The summed E-state index contributed by atoms with van der Waals surface area (Å²) in [6, 6.07) is 4.33. The number of carbonyl (C=O) groups excluding carboxylic acids is 2. The third kappa shape index (κ3) is 4.01. The molecule has 0 aromatic heterocycles. The molecule has 1 aliphatic rings. The van der Waals surface area contributed by atoms with Gasteiger partial charge in [0.2, 0.25) is 0 Å². The highest BCUT2D eigenvalue weighted by molar-refractivity contribution is 6.31. The van der Waals surface area contributed by atoms with Crippen molar-refractivity contribution >= 4 is 29.2 Å². The van der Waals surface area contributed by atoms with E-state index >= 15 is 0 Å². The van der Waals surface area contributed by atoms with Crippen molar-refractivity contribution in [2.75, 3.05) is 25.4 Å². The Labute approximate surface area is 128 Å². The summed E-state index contributed by atoms with van der Waals surface area (Å²) in [6.07, 6.45) is 1.85. The summed E-state index contributed by atoms with van der Waals surface area (Å²) < 4.78 is 0. The summed E-state index contributed by atoms with van der Waals surface area (Å²) in [5, 5.41) is 3.10. The molecule has 0 radical (unpaired) electrons. The quantitative estimate of drug-likeness (QED) is 0.736. The fourth-order valence-electron chi connectivity index (χ4n) is 2.56. The van der Waals surface area contributed by atoms with E-state index in [0.717, 1.165) is 12.8 Å². The van der Waals surface area contributed by atoms with Gasteiger partial charge >= 0.3 is 6.03 Å². The molecule has 5 N–H and O–H groups in total. The van der Waals surface area contributed by atoms with E-state index in [0.29, 0.717) is 35.9 Å². The topological polar surface area (TPSA) is 101 Å². The lowest BCUT2D eigenvalue weighted by atomic mass is 9.97. The van der Waals surface area contributed by atoms with Gasteiger partial charge < -0.3 is 21.7 Å². The number of rotatable bonds is 3. The lowest BCUT2D eigenvalue weighted by Crippen LogP contribution is -2.44. The van der Waals surface area contributed by atoms with Crippen molar-refractivity contribution < 1.29 is 9.59 Å². The molecular formula is C14H19ClN4O2. The molecule has 114 valence electrons. The maximum absolute atomic E-state index is 12.5. The van der Waals surface area contributed by atoms with Crippen LogP contribution in [0, 0.1) is 5.92 Å². The normalized spacial score (nSPS) is 18.3. The average Bonchev–Trinajstić information content (AvgIpc) is 2.45. The van der Waals surface area contributed by atoms with Crippen LogP contribution in [-0.2, 0) is 0 Å². The molecule has 1 aromatic rings. The van der Waals surface area contributed by atoms with E-state index in [1.165, 1.54) is 0 Å². The second-order valence-corrected chi connectivity index (χ2v) is 5.67. The smallest absolute Gasteiger partial charge is 0.312 e. The minimum atomic E-state index is -0.541. The van der Waals surface area contributed by atoms with E-state index in [1.54, 1.807) is 23.1 Å². The summed E-state index contributed by atoms with van der Waals surface area (Å²) in [6.45, 7) is 1.75. The Kier molecular flexibility index (Phi) is 4.90. The highest BCUT2D eigenvalue weighted by atomic mass is 35.5. The van der Waals surface area contributed by atoms with Crippen LogP contribution in [0.4, 0.5) is 10.5 Å². The Morgan fingerprint density at radius 1 is 1.43 bits per heavy atom. The van der Waals surface area contributed by atoms with Crippen molar-refractivity contribution in [1.82, 2.24) is 10.2 Å². The standard InChI is InChI=1S/C14H19ClN4O2/c15-10-3-4-11(12(16)6-10)13(20)19-5-1-2-9(8-19)7-18-14(17)21/h3-4,6,9H,1-2,5,7-8,16H2,(H3,17,18,21). The largest absolute Gasteiger partial charge is 0.398 e. The van der Waals surface area contributed by atoms with Crippen LogP contribution in [0.3, 0.4) is 0 Å². The molecule has 1 unspecified atom stereocenters. The number of benzene rings is 1. The summed E-state index contributed by atoms with van der Waals surface area (Å²) in [4.78, 5) is 25.0. The second-order valence-electron chi connectivity index (χ2n) is 5.24. The van der Waals surface area contributed by atoms with E-state index < -0.39 is 6.03 Å². The van der Waals surface area contributed by atoms with Gasteiger partial charge in [-0.25, -0.2) is 4.79 Å². The molecule has 1 aromatic carbocycles. The Bertz CT molecular complexity index is 550. The molecule has 1 aliphatic heterocycles. The number of nitrogens with two attached hydrogens (primary N) is 2. The fourth-order valence-corrected chi connectivity index (χ4v) is 2.74. The first-order chi connectivity index (χ1) is 9.97. The first kappa shape index (κ1) is 15.4. The second kappa shape index (κ2) is 6.67. The molecular weight excluding hydrogens is 292 g/mol. The van der Waals surface area contributed by atoms with Gasteiger partial charge in [0.25, 0.3) is 5.91 Å². The summed E-state index contributed by atoms with van der Waals surface area (Å²) in [7, 11) is 0. The Balaban J connectivity index is 2.03. The SMILES string of the molecule is NC(=O)NCC1CCCN(C(=O)c2ccc(Cl)cc2N)C1. The van der Waals surface area contributed by atoms with Gasteiger partial charge in [0.15, 0.2) is 0 Å². The number of urea groups is 1. The number of amides is 3. The van der Waals surface area contributed by atoms with Gasteiger partial charge in [-0.2, -0.15) is 0 Å². The lowest BCUT2D eigenvalue weighted by molar-refractivity contribution is 0.0676. The lowest BCUT2D eigenvalue weighted by Gasteiger charge is -2.33. The Morgan fingerprint density at radius 2 is 2.19 bits per heavy atom. The molecule has 0 saturated carbocycles. The van der Waals surface area contributed by atoms with Crippen molar-refractivity contribution in [3.63, 3.8) is 0 Å². The van der Waals surface area contributed by atoms with Crippen molar-refractivity contribution in [2.24, 2.45) is 11.7 Å². The molecule has 1 heterocycles. The molecule has 0 spiro atoms. The van der Waals surface area contributed by atoms with Crippen molar-refractivity contribution in [3.8, 4) is 0 Å². The third-order valence-corrected chi connectivity index (χ3v) is 3.85. The van der Waals surface area contributed by atoms with Gasteiger partial charge in [-0.1, -0.05) is 11.6 Å². The first-order valence-corrected chi connectivity index (χ1v) is 7.22. The Morgan fingerprint density at radius 3 is 2.86 bits per heavy atom. The molecule has 1 fully saturated rings. The van der Waals surface area contributed by atoms with E-state index in [-0.39, 0.29) is 11.8 Å². The van der Waals surface area contributed by atoms with Crippen LogP contribution >= 0.6 is 11.6 Å². The minimum absolute atomic E-state index is 0.104. The molecule has 1 saturated heterocycles. The number of nitrogens with one attached hydrogen (secondary N) is 1. The highest BCUT2D eigenvalue weighted by Crippen LogP contribution is 2.23. The van der Waals surface area contributed by atoms with Crippen molar-refractivity contribution in [1.29, 1.82) is 0 Å². The number of halogens is 1. The average molecular weight is 311 g/mol. The molecule has 6 nitrogen and oxygen atoms in total. The number of hydrogen-bond donors (Lipinski definition) is 3. The summed E-state index contributed by atoms with van der Waals surface area (Å²) in [5.41, 5.74) is 11.8. The van der Waals surface area contributed by atoms with Crippen LogP contribution in [0.1, 0.15) is 23.2 Å². The number of likely N-dealkylation sites (tertiary alicyclic amines) is 1. The minimum Gasteiger partial charge on any atom is -0.398 e. The van der Waals surface area contributed by atoms with E-state index in [2.05, 4.69) is 5.32 Å². The number of anilines is 1. The number of piperidine rings is 1. The molecule has 0 aliphatic carbocycles. The number of nitrogens with zero attached hydrogens (tertiary/aromatic N) is 1. The van der Waals surface area contributed by atoms with E-state index in [4.69, 9.17) is 23.1 Å². The molecule has 3 amide bonds. The van der Waals surface area contributed by atoms with Crippen LogP contribution in [0.25, 0.3) is 0 Å². The van der Waals surface area contributed by atoms with Crippen LogP contribution in [0.2, 0.25) is 5.02 Å². The zero-order valence-corrected chi connectivity index (χ0v) is 12.4. The molecule has 0 bridgehead atoms. The van der Waals surface area contributed by atoms with Gasteiger partial charge in [0.1, 0.15) is 0 Å². The molecule has 1 atom stereocenters. The van der Waals surface area contributed by atoms with Gasteiger partial charge in [0.05, 0.1) is 5.56 Å². The van der Waals surface area contributed by atoms with Gasteiger partial charge in [-0.3, -0.25) is 4.79 Å². The van der Waals surface area contributed by atoms with Crippen molar-refractivity contribution in [3.05, 3.63) is 28.8 Å². The maximum atomic E-state index is 12.5. The molecule has 2 rings (SSSR count). The van der Waals surface area contributed by atoms with E-state index in [9.17, 15) is 9.59 Å². The Hall–Kier alpha value is -1.95. The molecule has 21 heavy (non-hydrogen) atoms. The summed E-state index contributed by atoms with van der Waals surface area (Å²) in [5.74, 6) is 0.108. The highest BCUT2D eigenvalue weighted by Gasteiger charge is 2.25. The van der Waals surface area contributed by atoms with Gasteiger partial charge in [-0.05, 0) is 37.0 Å². The molecule has 7 heteroatoms. The number of carbonyl (C=O) groups is 2. The fraction of sp³-hybridized carbons (Fsp3) is 0.429. The first-order valence-electron chi connectivity index (χ1n) is 6.85. The number of hydrogen-bond acceptors (Lipinski definition) is 3. The maximum Gasteiger partial charge on any atom is 0.312 e. The van der Waals surface area contributed by atoms with Crippen molar-refractivity contribution in [2.45, 2.75) is 12.8 Å². The summed E-state index contributed by atoms with van der Waals surface area (Å²) >= 11 is 5.84. The predicted molar refractivity (Wildman–Crippen MR) is 82.1 cm³/mol. The monoisotopic (exact) mass is 310 g/mol. The van der Waals surface area contributed by atoms with Gasteiger partial charge in [0, 0.05) is 30.3 Å². The third-order valence-electron chi connectivity index (χ3n) is 3.62. The van der Waals surface area contributed by atoms with Crippen LogP contribution < -0.4 is 16.8 Å². The number of primary amides is 1. The van der Waals surface area contributed by atoms with Crippen LogP contribution in [-0.4, -0.2) is 36.5 Å².